The fraction of sp³-hybridized carbons (Fsp3) is 0.773. The van der Waals surface area contributed by atoms with E-state index in [1.807, 2.05) is 13.8 Å². The van der Waals surface area contributed by atoms with Gasteiger partial charge in [0.15, 0.2) is 5.96 Å². The number of carboxylic acid groups (broad SMARTS) is 1. The summed E-state index contributed by atoms with van der Waals surface area (Å²) in [4.78, 5) is 53.9. The van der Waals surface area contributed by atoms with Crippen LogP contribution in [-0.2, 0) is 19.2 Å². The fourth-order valence-electron chi connectivity index (χ4n) is 3.09. The number of aliphatic carboxylic acids is 1. The minimum Gasteiger partial charge on any atom is -0.480 e. The Balaban J connectivity index is 5.62. The van der Waals surface area contributed by atoms with Crippen LogP contribution in [0, 0.1) is 17.8 Å². The van der Waals surface area contributed by atoms with Crippen LogP contribution in [0.1, 0.15) is 60.8 Å². The number of aliphatic imine (C=N–C) groups is 1. The molecule has 0 rings (SSSR count). The predicted octanol–water partition coefficient (Wildman–Crippen LogP) is -0.736. The quantitative estimate of drug-likeness (QED) is 0.0888. The van der Waals surface area contributed by atoms with Crippen LogP contribution in [0.3, 0.4) is 0 Å². The third-order valence-corrected chi connectivity index (χ3v) is 5.17. The van der Waals surface area contributed by atoms with Crippen molar-refractivity contribution in [3.63, 3.8) is 0 Å². The van der Waals surface area contributed by atoms with Crippen LogP contribution in [-0.4, -0.2) is 65.5 Å². The van der Waals surface area contributed by atoms with Gasteiger partial charge >= 0.3 is 5.97 Å². The Morgan fingerprint density at radius 2 is 1.35 bits per heavy atom. The molecule has 4 unspecified atom stereocenters. The Morgan fingerprint density at radius 1 is 0.824 bits per heavy atom. The van der Waals surface area contributed by atoms with Crippen LogP contribution in [0.4, 0.5) is 0 Å². The van der Waals surface area contributed by atoms with Crippen molar-refractivity contribution in [3.8, 4) is 0 Å². The second-order valence-electron chi connectivity index (χ2n) is 9.54. The molecule has 0 aliphatic rings. The molecule has 0 aromatic heterocycles. The molecule has 0 radical (unpaired) electrons. The van der Waals surface area contributed by atoms with Crippen LogP contribution in [0.2, 0.25) is 0 Å². The van der Waals surface area contributed by atoms with E-state index in [4.69, 9.17) is 17.2 Å². The van der Waals surface area contributed by atoms with E-state index in [1.54, 1.807) is 27.7 Å². The number of carboxylic acids is 1. The lowest BCUT2D eigenvalue weighted by Gasteiger charge is -2.27. The highest BCUT2D eigenvalue weighted by molar-refractivity contribution is 5.94. The summed E-state index contributed by atoms with van der Waals surface area (Å²) >= 11 is 0. The first-order valence-electron chi connectivity index (χ1n) is 11.6. The Bertz CT molecular complexity index is 720. The lowest BCUT2D eigenvalue weighted by atomic mass is 9.99. The number of carbonyl (C=O) groups excluding carboxylic acids is 3. The highest BCUT2D eigenvalue weighted by Gasteiger charge is 2.31. The third kappa shape index (κ3) is 11.8. The highest BCUT2D eigenvalue weighted by Crippen LogP contribution is 2.09. The Labute approximate surface area is 201 Å². The molecule has 12 nitrogen and oxygen atoms in total. The largest absolute Gasteiger partial charge is 0.480 e. The van der Waals surface area contributed by atoms with Gasteiger partial charge in [-0.05, 0) is 37.0 Å². The molecule has 0 spiro atoms. The maximum atomic E-state index is 13.1. The van der Waals surface area contributed by atoms with Gasteiger partial charge in [-0.2, -0.15) is 0 Å². The summed E-state index contributed by atoms with van der Waals surface area (Å²) in [6.45, 7) is 10.9. The van der Waals surface area contributed by atoms with Crippen molar-refractivity contribution >= 4 is 29.7 Å². The maximum absolute atomic E-state index is 13.1. The minimum absolute atomic E-state index is 0.0674. The molecule has 0 aromatic carbocycles. The lowest BCUT2D eigenvalue weighted by molar-refractivity contribution is -0.143. The Hall–Kier alpha value is -2.89. The zero-order valence-corrected chi connectivity index (χ0v) is 21.1. The number of nitrogens with two attached hydrogens (primary N) is 3. The van der Waals surface area contributed by atoms with Crippen LogP contribution in [0.25, 0.3) is 0 Å². The van der Waals surface area contributed by atoms with Gasteiger partial charge in [-0.25, -0.2) is 4.79 Å². The van der Waals surface area contributed by atoms with Crippen molar-refractivity contribution in [2.45, 2.75) is 85.0 Å². The van der Waals surface area contributed by atoms with Crippen LogP contribution in [0.15, 0.2) is 4.99 Å². The zero-order valence-electron chi connectivity index (χ0n) is 21.1. The number of rotatable bonds is 15. The molecule has 34 heavy (non-hydrogen) atoms. The van der Waals surface area contributed by atoms with Crippen molar-refractivity contribution < 1.29 is 24.3 Å². The van der Waals surface area contributed by atoms with E-state index < -0.39 is 47.9 Å². The second-order valence-corrected chi connectivity index (χ2v) is 9.54. The summed E-state index contributed by atoms with van der Waals surface area (Å²) in [6, 6.07) is -3.87. The molecule has 0 aliphatic heterocycles. The number of hydrogen-bond acceptors (Lipinski definition) is 6. The van der Waals surface area contributed by atoms with Gasteiger partial charge in [0.2, 0.25) is 17.7 Å². The molecule has 196 valence electrons. The summed E-state index contributed by atoms with van der Waals surface area (Å²) in [6.07, 6.45) is 0.843. The van der Waals surface area contributed by atoms with Gasteiger partial charge in [-0.15, -0.1) is 0 Å². The van der Waals surface area contributed by atoms with Crippen molar-refractivity contribution in [1.82, 2.24) is 16.0 Å². The zero-order chi connectivity index (χ0) is 26.6. The summed E-state index contributed by atoms with van der Waals surface area (Å²) < 4.78 is 0. The number of nitrogens with one attached hydrogen (secondary N) is 3. The van der Waals surface area contributed by atoms with Gasteiger partial charge in [-0.3, -0.25) is 19.4 Å². The van der Waals surface area contributed by atoms with Gasteiger partial charge < -0.3 is 38.3 Å². The van der Waals surface area contributed by atoms with Crippen molar-refractivity contribution in [2.24, 2.45) is 39.9 Å². The molecule has 3 amide bonds. The predicted molar refractivity (Wildman–Crippen MR) is 130 cm³/mol. The number of guanidine groups is 1. The van der Waals surface area contributed by atoms with Crippen molar-refractivity contribution in [1.29, 1.82) is 0 Å². The van der Waals surface area contributed by atoms with Crippen LogP contribution < -0.4 is 33.2 Å². The molecule has 0 aromatic rings. The summed E-state index contributed by atoms with van der Waals surface area (Å²) in [5, 5.41) is 17.2. The lowest BCUT2D eigenvalue weighted by Crippen LogP contribution is -2.58. The molecular weight excluding hydrogens is 442 g/mol. The monoisotopic (exact) mass is 485 g/mol. The molecule has 0 saturated carbocycles. The van der Waals surface area contributed by atoms with E-state index in [0.717, 1.165) is 0 Å². The molecule has 4 atom stereocenters. The second kappa shape index (κ2) is 15.1. The fourth-order valence-corrected chi connectivity index (χ4v) is 3.09. The SMILES string of the molecule is CC(C)CC(NC(=O)C(N)C(C)C)C(=O)NC(CCCN=C(N)N)C(=O)NC(C(=O)O)C(C)C. The van der Waals surface area contributed by atoms with Crippen molar-refractivity contribution in [2.75, 3.05) is 6.54 Å². The molecule has 0 bridgehead atoms. The Morgan fingerprint density at radius 3 is 1.79 bits per heavy atom. The molecule has 0 heterocycles. The molecule has 0 fully saturated rings. The maximum Gasteiger partial charge on any atom is 0.326 e. The van der Waals surface area contributed by atoms with Gasteiger partial charge in [-0.1, -0.05) is 41.5 Å². The van der Waals surface area contributed by atoms with E-state index in [9.17, 15) is 24.3 Å². The smallest absolute Gasteiger partial charge is 0.326 e. The minimum atomic E-state index is -1.18. The van der Waals surface area contributed by atoms with Gasteiger partial charge in [0.25, 0.3) is 0 Å². The average molecular weight is 486 g/mol. The molecular formula is C22H43N7O5. The number of hydrogen-bond donors (Lipinski definition) is 7. The van der Waals surface area contributed by atoms with Crippen molar-refractivity contribution in [3.05, 3.63) is 0 Å². The highest BCUT2D eigenvalue weighted by atomic mass is 16.4. The normalized spacial score (nSPS) is 14.8. The van der Waals surface area contributed by atoms with E-state index in [0.29, 0.717) is 12.8 Å². The number of nitrogens with zero attached hydrogens (tertiary/aromatic N) is 1. The molecule has 10 N–H and O–H groups in total. The van der Waals surface area contributed by atoms with E-state index in [2.05, 4.69) is 20.9 Å². The molecule has 12 heteroatoms. The first kappa shape index (κ1) is 31.1. The van der Waals surface area contributed by atoms with Gasteiger partial charge in [0.1, 0.15) is 18.1 Å². The van der Waals surface area contributed by atoms with E-state index in [-0.39, 0.29) is 36.7 Å². The van der Waals surface area contributed by atoms with Gasteiger partial charge in [0.05, 0.1) is 6.04 Å². The third-order valence-electron chi connectivity index (χ3n) is 5.17. The molecule has 0 aliphatic carbocycles. The first-order chi connectivity index (χ1) is 15.7. The van der Waals surface area contributed by atoms with Gasteiger partial charge in [0, 0.05) is 6.54 Å². The summed E-state index contributed by atoms with van der Waals surface area (Å²) in [7, 11) is 0. The van der Waals surface area contributed by atoms with Crippen LogP contribution in [0.5, 0.6) is 0 Å². The summed E-state index contributed by atoms with van der Waals surface area (Å²) in [5.41, 5.74) is 16.6. The van der Waals surface area contributed by atoms with Crippen LogP contribution >= 0.6 is 0 Å². The van der Waals surface area contributed by atoms with E-state index >= 15 is 0 Å². The number of amides is 3. The van der Waals surface area contributed by atoms with E-state index in [1.165, 1.54) is 0 Å². The standard InChI is InChI=1S/C22H43N7O5/c1-11(2)10-15(28-20(32)16(23)12(3)4)19(31)27-14(8-7-9-26-22(24)25)18(30)29-17(13(5)6)21(33)34/h11-17H,7-10,23H2,1-6H3,(H,27,31)(H,28,32)(H,29,30)(H,33,34)(H4,24,25,26). The molecule has 0 saturated heterocycles. The summed E-state index contributed by atoms with van der Waals surface area (Å²) in [5.74, 6) is -3.37. The topological polar surface area (TPSA) is 215 Å². The number of carbonyl (C=O) groups is 4. The Kier molecular flexibility index (Phi) is 13.8. The first-order valence-corrected chi connectivity index (χ1v) is 11.6. The average Bonchev–Trinajstić information content (AvgIpc) is 2.71.